The second-order valence-electron chi connectivity index (χ2n) is 6.94. The van der Waals surface area contributed by atoms with E-state index in [1.807, 2.05) is 30.3 Å². The second-order valence-corrected chi connectivity index (χ2v) is 8.94. The number of nitrogens with zero attached hydrogens (tertiary/aromatic N) is 2. The quantitative estimate of drug-likeness (QED) is 0.554. The Bertz CT molecular complexity index is 1020. The van der Waals surface area contributed by atoms with E-state index < -0.39 is 0 Å². The number of aromatic nitrogens is 1. The number of methoxy groups -OCH3 is 1. The van der Waals surface area contributed by atoms with Crippen LogP contribution in [0.1, 0.15) is 30.9 Å². The number of thiazole rings is 1. The fourth-order valence-corrected chi connectivity index (χ4v) is 4.47. The van der Waals surface area contributed by atoms with Crippen molar-refractivity contribution in [2.75, 3.05) is 19.1 Å². The van der Waals surface area contributed by atoms with Gasteiger partial charge in [-0.05, 0) is 41.5 Å². The second kappa shape index (κ2) is 9.43. The molecule has 0 aliphatic carbocycles. The third-order valence-electron chi connectivity index (χ3n) is 4.63. The molecule has 3 rings (SSSR count). The number of thioether (sulfide) groups is 1. The zero-order valence-electron chi connectivity index (χ0n) is 16.8. The van der Waals surface area contributed by atoms with Crippen molar-refractivity contribution < 1.29 is 9.53 Å². The molecule has 0 bridgehead atoms. The molecule has 0 fully saturated rings. The monoisotopic (exact) mass is 414 g/mol. The normalized spacial score (nSPS) is 12.1. The number of aryl methyl sites for hydroxylation is 1. The summed E-state index contributed by atoms with van der Waals surface area (Å²) in [5.74, 6) is 2.15. The van der Waals surface area contributed by atoms with Crippen LogP contribution in [-0.4, -0.2) is 29.6 Å². The summed E-state index contributed by atoms with van der Waals surface area (Å²) < 4.78 is 8.55. The molecule has 1 amide bonds. The summed E-state index contributed by atoms with van der Waals surface area (Å²) in [7, 11) is 1.66. The number of hydrogen-bond donors (Lipinski definition) is 0. The number of ether oxygens (including phenoxy) is 1. The molecule has 148 valence electrons. The van der Waals surface area contributed by atoms with Gasteiger partial charge in [0.15, 0.2) is 4.80 Å². The predicted octanol–water partition coefficient (Wildman–Crippen LogP) is 4.87. The van der Waals surface area contributed by atoms with Crippen LogP contribution in [0, 0.1) is 0 Å². The third-order valence-corrected chi connectivity index (χ3v) is 6.26. The first-order chi connectivity index (χ1) is 13.5. The number of amides is 1. The van der Waals surface area contributed by atoms with Crippen LogP contribution in [0.4, 0.5) is 0 Å². The van der Waals surface area contributed by atoms with Gasteiger partial charge in [-0.25, -0.2) is 0 Å². The van der Waals surface area contributed by atoms with Gasteiger partial charge in [0, 0.05) is 12.3 Å². The lowest BCUT2D eigenvalue weighted by Gasteiger charge is -2.06. The molecule has 0 unspecified atom stereocenters. The van der Waals surface area contributed by atoms with Crippen LogP contribution in [0.2, 0.25) is 0 Å². The summed E-state index contributed by atoms with van der Waals surface area (Å²) >= 11 is 3.32. The first kappa shape index (κ1) is 20.7. The number of hydrogen-bond acceptors (Lipinski definition) is 4. The van der Waals surface area contributed by atoms with Gasteiger partial charge in [0.25, 0.3) is 5.91 Å². The molecular formula is C22H26N2O2S2. The van der Waals surface area contributed by atoms with E-state index in [2.05, 4.69) is 41.8 Å². The first-order valence-electron chi connectivity index (χ1n) is 9.34. The lowest BCUT2D eigenvalue weighted by molar-refractivity contribution is -0.117. The van der Waals surface area contributed by atoms with E-state index in [0.717, 1.165) is 38.6 Å². The van der Waals surface area contributed by atoms with Crippen molar-refractivity contribution in [2.45, 2.75) is 32.7 Å². The number of benzene rings is 2. The van der Waals surface area contributed by atoms with Gasteiger partial charge in [-0.15, -0.1) is 0 Å². The van der Waals surface area contributed by atoms with Crippen LogP contribution in [0.15, 0.2) is 47.5 Å². The van der Waals surface area contributed by atoms with Crippen molar-refractivity contribution in [1.82, 2.24) is 4.57 Å². The Hall–Kier alpha value is -2.05. The smallest absolute Gasteiger partial charge is 0.252 e. The van der Waals surface area contributed by atoms with Gasteiger partial charge in [-0.3, -0.25) is 4.79 Å². The highest BCUT2D eigenvalue weighted by molar-refractivity contribution is 7.98. The van der Waals surface area contributed by atoms with Crippen LogP contribution in [-0.2, 0) is 17.8 Å². The molecule has 0 radical (unpaired) electrons. The van der Waals surface area contributed by atoms with Crippen molar-refractivity contribution >= 4 is 39.2 Å². The largest absolute Gasteiger partial charge is 0.497 e. The lowest BCUT2D eigenvalue weighted by atomic mass is 10.0. The van der Waals surface area contributed by atoms with Crippen LogP contribution in [0.25, 0.3) is 10.2 Å². The fourth-order valence-electron chi connectivity index (χ4n) is 3.01. The lowest BCUT2D eigenvalue weighted by Crippen LogP contribution is -2.18. The summed E-state index contributed by atoms with van der Waals surface area (Å²) in [5, 5.41) is 0. The summed E-state index contributed by atoms with van der Waals surface area (Å²) in [6.45, 7) is 5.15. The summed E-state index contributed by atoms with van der Waals surface area (Å²) in [6.07, 6.45) is 2.40. The highest BCUT2D eigenvalue weighted by Gasteiger charge is 2.10. The topological polar surface area (TPSA) is 43.6 Å². The van der Waals surface area contributed by atoms with Gasteiger partial charge in [0.05, 0.1) is 23.7 Å². The Kier molecular flexibility index (Phi) is 6.97. The van der Waals surface area contributed by atoms with Gasteiger partial charge in [-0.2, -0.15) is 16.8 Å². The predicted molar refractivity (Wildman–Crippen MR) is 120 cm³/mol. The van der Waals surface area contributed by atoms with Crippen LogP contribution in [0.5, 0.6) is 5.75 Å². The highest BCUT2D eigenvalue weighted by atomic mass is 32.2. The van der Waals surface area contributed by atoms with E-state index in [9.17, 15) is 4.79 Å². The third kappa shape index (κ3) is 4.86. The van der Waals surface area contributed by atoms with Crippen LogP contribution >= 0.6 is 23.1 Å². The molecule has 28 heavy (non-hydrogen) atoms. The molecular weight excluding hydrogens is 388 g/mol. The minimum Gasteiger partial charge on any atom is -0.497 e. The first-order valence-corrected chi connectivity index (χ1v) is 11.6. The molecule has 1 heterocycles. The molecule has 0 atom stereocenters. The Labute approximate surface area is 174 Å². The van der Waals surface area contributed by atoms with Crippen molar-refractivity contribution in [3.05, 3.63) is 58.4 Å². The fraction of sp³-hybridized carbons (Fsp3) is 0.364. The number of carbonyl (C=O) groups excluding carboxylic acids is 1. The number of carbonyl (C=O) groups is 1. The standard InChI is InChI=1S/C22H26N2O2S2/c1-15(2)17-7-5-16(6-8-17)13-21(25)23-22-24(11-12-27-4)19-10-9-18(26-3)14-20(19)28-22/h5-10,14-15H,11-13H2,1-4H3. The number of rotatable bonds is 7. The maximum absolute atomic E-state index is 12.6. The van der Waals surface area contributed by atoms with Crippen molar-refractivity contribution in [1.29, 1.82) is 0 Å². The van der Waals surface area contributed by atoms with E-state index in [1.165, 1.54) is 16.9 Å². The molecule has 3 aromatic rings. The molecule has 0 saturated carbocycles. The maximum atomic E-state index is 12.6. The average Bonchev–Trinajstić information content (AvgIpc) is 3.02. The summed E-state index contributed by atoms with van der Waals surface area (Å²) in [5.41, 5.74) is 3.37. The SMILES string of the molecule is COc1ccc2c(c1)sc(=NC(=O)Cc1ccc(C(C)C)cc1)n2CCSC. The van der Waals surface area contributed by atoms with Crippen molar-refractivity contribution in [3.63, 3.8) is 0 Å². The van der Waals surface area contributed by atoms with Gasteiger partial charge in [-0.1, -0.05) is 49.4 Å². The number of fused-ring (bicyclic) bond motifs is 1. The van der Waals surface area contributed by atoms with E-state index in [0.29, 0.717) is 12.3 Å². The van der Waals surface area contributed by atoms with E-state index in [-0.39, 0.29) is 5.91 Å². The Morgan fingerprint density at radius 1 is 1.21 bits per heavy atom. The molecule has 0 N–H and O–H groups in total. The molecule has 4 nitrogen and oxygen atoms in total. The van der Waals surface area contributed by atoms with Crippen molar-refractivity contribution in [2.24, 2.45) is 4.99 Å². The molecule has 0 saturated heterocycles. The highest BCUT2D eigenvalue weighted by Crippen LogP contribution is 2.23. The minimum absolute atomic E-state index is 0.117. The maximum Gasteiger partial charge on any atom is 0.252 e. The van der Waals surface area contributed by atoms with Gasteiger partial charge < -0.3 is 9.30 Å². The van der Waals surface area contributed by atoms with Gasteiger partial charge >= 0.3 is 0 Å². The van der Waals surface area contributed by atoms with Crippen LogP contribution < -0.4 is 9.54 Å². The molecule has 2 aromatic carbocycles. The summed E-state index contributed by atoms with van der Waals surface area (Å²) in [4.78, 5) is 17.8. The zero-order chi connectivity index (χ0) is 20.1. The zero-order valence-corrected chi connectivity index (χ0v) is 18.4. The average molecular weight is 415 g/mol. The Morgan fingerprint density at radius 2 is 1.96 bits per heavy atom. The molecule has 1 aromatic heterocycles. The van der Waals surface area contributed by atoms with Crippen molar-refractivity contribution in [3.8, 4) is 5.75 Å². The van der Waals surface area contributed by atoms with E-state index in [1.54, 1.807) is 18.9 Å². The summed E-state index contributed by atoms with van der Waals surface area (Å²) in [6, 6.07) is 14.2. The Balaban J connectivity index is 1.91. The van der Waals surface area contributed by atoms with Gasteiger partial charge in [0.1, 0.15) is 5.75 Å². The van der Waals surface area contributed by atoms with Gasteiger partial charge in [0.2, 0.25) is 0 Å². The molecule has 0 spiro atoms. The minimum atomic E-state index is -0.117. The Morgan fingerprint density at radius 3 is 2.61 bits per heavy atom. The molecule has 0 aliphatic rings. The van der Waals surface area contributed by atoms with E-state index >= 15 is 0 Å². The molecule has 6 heteroatoms. The van der Waals surface area contributed by atoms with Crippen LogP contribution in [0.3, 0.4) is 0 Å². The molecule has 0 aliphatic heterocycles. The van der Waals surface area contributed by atoms with E-state index in [4.69, 9.17) is 4.74 Å².